The van der Waals surface area contributed by atoms with Gasteiger partial charge in [-0.1, -0.05) is 34.5 Å². The third-order valence-electron chi connectivity index (χ3n) is 5.06. The van der Waals surface area contributed by atoms with Crippen LogP contribution in [0, 0.1) is 0 Å². The van der Waals surface area contributed by atoms with Crippen LogP contribution in [0.5, 0.6) is 0 Å². The van der Waals surface area contributed by atoms with Crippen LogP contribution in [0.25, 0.3) is 0 Å². The number of fused-ring (bicyclic) bond motifs is 2. The van der Waals surface area contributed by atoms with E-state index in [0.29, 0.717) is 40.5 Å². The molecule has 1 saturated heterocycles. The van der Waals surface area contributed by atoms with Crippen LogP contribution in [-0.4, -0.2) is 53.2 Å². The monoisotopic (exact) mass is 426 g/mol. The number of nitrogens with one attached hydrogen (secondary N) is 1. The van der Waals surface area contributed by atoms with Crippen molar-refractivity contribution >= 4 is 57.3 Å². The SMILES string of the molecule is O=C(CO)N1CC[C@@]2(C1)CN(C(=O)Nc1ncc(Cl)s1)c1ccc(Cl)cc12. The molecule has 4 rings (SSSR count). The minimum atomic E-state index is -0.520. The van der Waals surface area contributed by atoms with Gasteiger partial charge in [0.1, 0.15) is 10.9 Å². The zero-order valence-corrected chi connectivity index (χ0v) is 16.4. The maximum Gasteiger partial charge on any atom is 0.328 e. The van der Waals surface area contributed by atoms with Gasteiger partial charge in [0.2, 0.25) is 5.91 Å². The van der Waals surface area contributed by atoms with E-state index < -0.39 is 12.0 Å². The van der Waals surface area contributed by atoms with E-state index in [1.54, 1.807) is 15.9 Å². The molecule has 2 aliphatic heterocycles. The number of thiazole rings is 1. The minimum Gasteiger partial charge on any atom is -0.387 e. The van der Waals surface area contributed by atoms with E-state index in [1.165, 1.54) is 17.5 Å². The predicted octanol–water partition coefficient (Wildman–Crippen LogP) is 2.96. The number of carbonyl (C=O) groups is 2. The van der Waals surface area contributed by atoms with Crippen molar-refractivity contribution in [3.63, 3.8) is 0 Å². The van der Waals surface area contributed by atoms with E-state index in [2.05, 4.69) is 10.3 Å². The highest BCUT2D eigenvalue weighted by molar-refractivity contribution is 7.19. The fraction of sp³-hybridized carbons (Fsp3) is 0.353. The first-order chi connectivity index (χ1) is 12.9. The molecule has 2 aromatic rings. The van der Waals surface area contributed by atoms with E-state index in [4.69, 9.17) is 28.3 Å². The lowest BCUT2D eigenvalue weighted by Crippen LogP contribution is -2.42. The van der Waals surface area contributed by atoms with Crippen LogP contribution in [0.3, 0.4) is 0 Å². The van der Waals surface area contributed by atoms with Gasteiger partial charge in [0.25, 0.3) is 0 Å². The lowest BCUT2D eigenvalue weighted by molar-refractivity contribution is -0.133. The molecule has 1 fully saturated rings. The van der Waals surface area contributed by atoms with E-state index in [-0.39, 0.29) is 11.9 Å². The Bertz CT molecular complexity index is 921. The van der Waals surface area contributed by atoms with Crippen molar-refractivity contribution in [1.29, 1.82) is 0 Å². The predicted molar refractivity (Wildman–Crippen MR) is 105 cm³/mol. The molecular weight excluding hydrogens is 411 g/mol. The lowest BCUT2D eigenvalue weighted by Gasteiger charge is -2.25. The Morgan fingerprint density at radius 1 is 1.33 bits per heavy atom. The van der Waals surface area contributed by atoms with Gasteiger partial charge in [-0.05, 0) is 30.2 Å². The molecule has 1 atom stereocenters. The molecule has 0 radical (unpaired) electrons. The van der Waals surface area contributed by atoms with Crippen LogP contribution in [-0.2, 0) is 10.2 Å². The van der Waals surface area contributed by atoms with Gasteiger partial charge in [-0.15, -0.1) is 0 Å². The van der Waals surface area contributed by atoms with Gasteiger partial charge in [0.05, 0.1) is 6.20 Å². The van der Waals surface area contributed by atoms with Crippen molar-refractivity contribution < 1.29 is 14.7 Å². The maximum absolute atomic E-state index is 12.9. The molecule has 1 aromatic heterocycles. The van der Waals surface area contributed by atoms with Gasteiger partial charge < -0.3 is 10.0 Å². The van der Waals surface area contributed by atoms with Crippen molar-refractivity contribution in [2.24, 2.45) is 0 Å². The van der Waals surface area contributed by atoms with E-state index >= 15 is 0 Å². The third-order valence-corrected chi connectivity index (χ3v) is 6.33. The molecule has 142 valence electrons. The fourth-order valence-electron chi connectivity index (χ4n) is 3.83. The van der Waals surface area contributed by atoms with Gasteiger partial charge in [-0.25, -0.2) is 9.78 Å². The number of carbonyl (C=O) groups excluding carboxylic acids is 2. The first-order valence-corrected chi connectivity index (χ1v) is 9.88. The number of aliphatic hydroxyl groups is 1. The number of aliphatic hydroxyl groups excluding tert-OH is 1. The van der Waals surface area contributed by atoms with Gasteiger partial charge in [-0.3, -0.25) is 15.0 Å². The second-order valence-electron chi connectivity index (χ2n) is 6.65. The number of hydrogen-bond donors (Lipinski definition) is 2. The summed E-state index contributed by atoms with van der Waals surface area (Å²) in [7, 11) is 0. The molecule has 0 unspecified atom stereocenters. The fourth-order valence-corrected chi connectivity index (χ4v) is 4.80. The number of rotatable bonds is 2. The summed E-state index contributed by atoms with van der Waals surface area (Å²) in [6, 6.07) is 5.11. The Labute approximate surface area is 169 Å². The number of nitrogens with zero attached hydrogens (tertiary/aromatic N) is 3. The zero-order chi connectivity index (χ0) is 19.2. The molecule has 0 aliphatic carbocycles. The second-order valence-corrected chi connectivity index (χ2v) is 8.75. The molecule has 27 heavy (non-hydrogen) atoms. The van der Waals surface area contributed by atoms with E-state index in [0.717, 1.165) is 11.3 Å². The number of aromatic nitrogens is 1. The number of halogens is 2. The Morgan fingerprint density at radius 3 is 2.85 bits per heavy atom. The Hall–Kier alpha value is -1.87. The Morgan fingerprint density at radius 2 is 2.15 bits per heavy atom. The summed E-state index contributed by atoms with van der Waals surface area (Å²) in [4.78, 5) is 32.1. The standard InChI is InChI=1S/C17H16Cl2N4O3S/c18-10-1-2-12-11(5-10)17(3-4-22(8-17)14(25)7-24)9-23(12)16(26)21-15-20-6-13(19)27-15/h1-2,5-6,24H,3-4,7-9H2,(H,20,21,26)/t17-/m1/s1. The number of amides is 3. The molecular formula is C17H16Cl2N4O3S. The Balaban J connectivity index is 1.64. The van der Waals surface area contributed by atoms with Crippen molar-refractivity contribution in [3.05, 3.63) is 39.3 Å². The maximum atomic E-state index is 12.9. The lowest BCUT2D eigenvalue weighted by atomic mass is 9.81. The molecule has 7 nitrogen and oxygen atoms in total. The van der Waals surface area contributed by atoms with Gasteiger partial charge in [0, 0.05) is 35.8 Å². The molecule has 1 spiro atoms. The highest BCUT2D eigenvalue weighted by atomic mass is 35.5. The smallest absolute Gasteiger partial charge is 0.328 e. The largest absolute Gasteiger partial charge is 0.387 e. The van der Waals surface area contributed by atoms with Gasteiger partial charge in [0.15, 0.2) is 5.13 Å². The summed E-state index contributed by atoms with van der Waals surface area (Å²) in [5, 5.41) is 12.9. The van der Waals surface area contributed by atoms with Crippen LogP contribution in [0.4, 0.5) is 15.6 Å². The first kappa shape index (κ1) is 18.5. The quantitative estimate of drug-likeness (QED) is 0.772. The normalized spacial score (nSPS) is 21.0. The van der Waals surface area contributed by atoms with Crippen LogP contribution in [0.1, 0.15) is 12.0 Å². The molecule has 3 heterocycles. The van der Waals surface area contributed by atoms with Crippen molar-refractivity contribution in [2.75, 3.05) is 36.5 Å². The average Bonchev–Trinajstić information content (AvgIpc) is 3.34. The highest BCUT2D eigenvalue weighted by Crippen LogP contribution is 2.47. The second kappa shape index (κ2) is 6.94. The molecule has 1 aromatic carbocycles. The molecule has 0 bridgehead atoms. The molecule has 0 saturated carbocycles. The topological polar surface area (TPSA) is 85.8 Å². The number of anilines is 2. The molecule has 10 heteroatoms. The zero-order valence-electron chi connectivity index (χ0n) is 14.1. The molecule has 2 N–H and O–H groups in total. The number of benzene rings is 1. The van der Waals surface area contributed by atoms with Gasteiger partial charge in [-0.2, -0.15) is 0 Å². The van der Waals surface area contributed by atoms with Crippen molar-refractivity contribution in [2.45, 2.75) is 11.8 Å². The number of hydrogen-bond acceptors (Lipinski definition) is 5. The minimum absolute atomic E-state index is 0.309. The van der Waals surface area contributed by atoms with Crippen LogP contribution in [0.2, 0.25) is 9.36 Å². The van der Waals surface area contributed by atoms with Crippen LogP contribution >= 0.6 is 34.5 Å². The van der Waals surface area contributed by atoms with E-state index in [1.807, 2.05) is 12.1 Å². The number of urea groups is 1. The summed E-state index contributed by atoms with van der Waals surface area (Å²) >= 11 is 13.3. The summed E-state index contributed by atoms with van der Waals surface area (Å²) in [5.41, 5.74) is 1.30. The van der Waals surface area contributed by atoms with Crippen molar-refractivity contribution in [1.82, 2.24) is 9.88 Å². The summed E-state index contributed by atoms with van der Waals surface area (Å²) < 4.78 is 0.490. The molecule has 2 aliphatic rings. The highest BCUT2D eigenvalue weighted by Gasteiger charge is 2.49. The molecule has 3 amide bonds. The summed E-state index contributed by atoms with van der Waals surface area (Å²) in [6.45, 7) is 0.867. The number of likely N-dealkylation sites (tertiary alicyclic amines) is 1. The third kappa shape index (κ3) is 3.27. The van der Waals surface area contributed by atoms with Crippen LogP contribution in [0.15, 0.2) is 24.4 Å². The average molecular weight is 427 g/mol. The van der Waals surface area contributed by atoms with Crippen LogP contribution < -0.4 is 10.2 Å². The van der Waals surface area contributed by atoms with Gasteiger partial charge >= 0.3 is 6.03 Å². The van der Waals surface area contributed by atoms with Crippen molar-refractivity contribution in [3.8, 4) is 0 Å². The summed E-state index contributed by atoms with van der Waals surface area (Å²) in [6.07, 6.45) is 2.18. The van der Waals surface area contributed by atoms with E-state index in [9.17, 15) is 9.59 Å². The Kier molecular flexibility index (Phi) is 4.75. The first-order valence-electron chi connectivity index (χ1n) is 8.30. The summed E-state index contributed by atoms with van der Waals surface area (Å²) in [5.74, 6) is -0.309.